The van der Waals surface area contributed by atoms with Crippen LogP contribution in [0.15, 0.2) is 22.7 Å². The van der Waals surface area contributed by atoms with E-state index in [-0.39, 0.29) is 0 Å². The Morgan fingerprint density at radius 2 is 2.41 bits per heavy atom. The van der Waals surface area contributed by atoms with Gasteiger partial charge in [0.05, 0.1) is 11.0 Å². The highest BCUT2D eigenvalue weighted by molar-refractivity contribution is 9.10. The van der Waals surface area contributed by atoms with Gasteiger partial charge in [-0.1, -0.05) is 15.9 Å². The molecular weight excluding hydrogens is 298 g/mol. The number of halogens is 1. The molecule has 0 amide bonds. The van der Waals surface area contributed by atoms with E-state index in [0.29, 0.717) is 5.95 Å². The summed E-state index contributed by atoms with van der Waals surface area (Å²) in [6, 6.07) is 6.11. The van der Waals surface area contributed by atoms with Gasteiger partial charge < -0.3 is 10.3 Å². The normalized spacial score (nSPS) is 20.2. The molecule has 1 saturated heterocycles. The van der Waals surface area contributed by atoms with Gasteiger partial charge in [0.1, 0.15) is 0 Å². The lowest BCUT2D eigenvalue weighted by molar-refractivity contribution is 0.505. The van der Waals surface area contributed by atoms with Crippen LogP contribution >= 0.6 is 27.7 Å². The van der Waals surface area contributed by atoms with Crippen LogP contribution < -0.4 is 5.73 Å². The summed E-state index contributed by atoms with van der Waals surface area (Å²) in [6.07, 6.45) is 1.29. The fraction of sp³-hybridized carbons (Fsp3) is 0.417. The van der Waals surface area contributed by atoms with Crippen LogP contribution in [-0.2, 0) is 6.54 Å². The quantitative estimate of drug-likeness (QED) is 0.926. The summed E-state index contributed by atoms with van der Waals surface area (Å²) >= 11 is 5.54. The second-order valence-corrected chi connectivity index (χ2v) is 6.51. The van der Waals surface area contributed by atoms with Crippen LogP contribution in [0.3, 0.4) is 0 Å². The largest absolute Gasteiger partial charge is 0.369 e. The highest BCUT2D eigenvalue weighted by Crippen LogP contribution is 2.28. The van der Waals surface area contributed by atoms with Gasteiger partial charge in [0.2, 0.25) is 5.95 Å². The molecular formula is C12H14BrN3S. The van der Waals surface area contributed by atoms with E-state index in [4.69, 9.17) is 5.73 Å². The highest BCUT2D eigenvalue weighted by atomic mass is 79.9. The topological polar surface area (TPSA) is 43.8 Å². The number of aromatic nitrogens is 2. The minimum Gasteiger partial charge on any atom is -0.369 e. The fourth-order valence-corrected chi connectivity index (χ4v) is 3.91. The predicted molar refractivity (Wildman–Crippen MR) is 77.3 cm³/mol. The van der Waals surface area contributed by atoms with E-state index >= 15 is 0 Å². The molecule has 3 nitrogen and oxygen atoms in total. The standard InChI is InChI=1S/C12H14BrN3S/c13-9-1-2-10-11(5-9)16(12(14)15-10)6-8-3-4-17-7-8/h1-2,5,8H,3-4,6-7H2,(H2,14,15). The van der Waals surface area contributed by atoms with Crippen LogP contribution in [0, 0.1) is 5.92 Å². The third-order valence-corrected chi connectivity index (χ3v) is 4.93. The van der Waals surface area contributed by atoms with Crippen molar-refractivity contribution in [2.75, 3.05) is 17.2 Å². The SMILES string of the molecule is Nc1nc2ccc(Br)cc2n1CC1CCSC1. The molecule has 90 valence electrons. The first-order chi connectivity index (χ1) is 8.24. The number of nitrogens with zero attached hydrogens (tertiary/aromatic N) is 2. The molecule has 0 radical (unpaired) electrons. The van der Waals surface area contributed by atoms with E-state index < -0.39 is 0 Å². The van der Waals surface area contributed by atoms with Crippen molar-refractivity contribution in [2.45, 2.75) is 13.0 Å². The first-order valence-electron chi connectivity index (χ1n) is 5.73. The maximum absolute atomic E-state index is 6.01. The average Bonchev–Trinajstić information content (AvgIpc) is 2.90. The molecule has 1 aliphatic heterocycles. The monoisotopic (exact) mass is 311 g/mol. The lowest BCUT2D eigenvalue weighted by Gasteiger charge is -2.11. The second-order valence-electron chi connectivity index (χ2n) is 4.44. The van der Waals surface area contributed by atoms with Crippen molar-refractivity contribution in [2.24, 2.45) is 5.92 Å². The minimum atomic E-state index is 0.634. The number of benzene rings is 1. The molecule has 1 fully saturated rings. The summed E-state index contributed by atoms with van der Waals surface area (Å²) in [4.78, 5) is 4.41. The van der Waals surface area contributed by atoms with Gasteiger partial charge in [-0.2, -0.15) is 11.8 Å². The van der Waals surface area contributed by atoms with Gasteiger partial charge in [-0.3, -0.25) is 0 Å². The summed E-state index contributed by atoms with van der Waals surface area (Å²) in [6.45, 7) is 0.992. The number of imidazole rings is 1. The Hall–Kier alpha value is -0.680. The van der Waals surface area contributed by atoms with Crippen LogP contribution in [0.1, 0.15) is 6.42 Å². The van der Waals surface area contributed by atoms with Crippen molar-refractivity contribution in [3.05, 3.63) is 22.7 Å². The number of nitrogen functional groups attached to an aromatic ring is 1. The van der Waals surface area contributed by atoms with E-state index in [1.165, 1.54) is 17.9 Å². The zero-order valence-corrected chi connectivity index (χ0v) is 11.8. The molecule has 2 aromatic rings. The zero-order valence-electron chi connectivity index (χ0n) is 9.40. The highest BCUT2D eigenvalue weighted by Gasteiger charge is 2.18. The summed E-state index contributed by atoms with van der Waals surface area (Å²) < 4.78 is 3.23. The van der Waals surface area contributed by atoms with Gasteiger partial charge in [-0.15, -0.1) is 0 Å². The van der Waals surface area contributed by atoms with E-state index in [0.717, 1.165) is 28.0 Å². The Balaban J connectivity index is 2.01. The summed E-state index contributed by atoms with van der Waals surface area (Å²) in [5.41, 5.74) is 8.13. The van der Waals surface area contributed by atoms with Crippen molar-refractivity contribution >= 4 is 44.7 Å². The second kappa shape index (κ2) is 4.53. The van der Waals surface area contributed by atoms with E-state index in [9.17, 15) is 0 Å². The number of fused-ring (bicyclic) bond motifs is 1. The lowest BCUT2D eigenvalue weighted by Crippen LogP contribution is -2.12. The molecule has 3 rings (SSSR count). The number of hydrogen-bond acceptors (Lipinski definition) is 3. The summed E-state index contributed by atoms with van der Waals surface area (Å²) in [5.74, 6) is 3.89. The molecule has 0 bridgehead atoms. The molecule has 5 heteroatoms. The fourth-order valence-electron chi connectivity index (χ4n) is 2.29. The molecule has 1 unspecified atom stereocenters. The Morgan fingerprint density at radius 3 is 3.18 bits per heavy atom. The zero-order chi connectivity index (χ0) is 11.8. The number of rotatable bonds is 2. The Kier molecular flexibility index (Phi) is 3.04. The number of anilines is 1. The van der Waals surface area contributed by atoms with Gasteiger partial charge >= 0.3 is 0 Å². The smallest absolute Gasteiger partial charge is 0.201 e. The van der Waals surface area contributed by atoms with Gasteiger partial charge in [0, 0.05) is 11.0 Å². The molecule has 1 atom stereocenters. The van der Waals surface area contributed by atoms with Crippen LogP contribution in [0.2, 0.25) is 0 Å². The third kappa shape index (κ3) is 2.18. The third-order valence-electron chi connectivity index (χ3n) is 3.20. The van der Waals surface area contributed by atoms with Gasteiger partial charge in [0.15, 0.2) is 0 Å². The van der Waals surface area contributed by atoms with E-state index in [1.807, 2.05) is 23.9 Å². The molecule has 1 aromatic carbocycles. The van der Waals surface area contributed by atoms with Crippen LogP contribution in [-0.4, -0.2) is 21.1 Å². The molecule has 2 N–H and O–H groups in total. The van der Waals surface area contributed by atoms with Crippen molar-refractivity contribution in [1.82, 2.24) is 9.55 Å². The van der Waals surface area contributed by atoms with Gasteiger partial charge in [-0.05, 0) is 42.0 Å². The molecule has 1 aliphatic rings. The average molecular weight is 312 g/mol. The summed E-state index contributed by atoms with van der Waals surface area (Å²) in [7, 11) is 0. The predicted octanol–water partition coefficient (Wildman–Crippen LogP) is 3.13. The number of thioether (sulfide) groups is 1. The Morgan fingerprint density at radius 1 is 1.53 bits per heavy atom. The van der Waals surface area contributed by atoms with Crippen LogP contribution in [0.4, 0.5) is 5.95 Å². The lowest BCUT2D eigenvalue weighted by atomic mass is 10.1. The number of hydrogen-bond donors (Lipinski definition) is 1. The van der Waals surface area contributed by atoms with E-state index in [1.54, 1.807) is 0 Å². The van der Waals surface area contributed by atoms with E-state index in [2.05, 4.69) is 31.5 Å². The van der Waals surface area contributed by atoms with Gasteiger partial charge in [0.25, 0.3) is 0 Å². The van der Waals surface area contributed by atoms with Crippen LogP contribution in [0.25, 0.3) is 11.0 Å². The Labute approximate surface area is 113 Å². The molecule has 0 spiro atoms. The molecule has 0 saturated carbocycles. The summed E-state index contributed by atoms with van der Waals surface area (Å²) in [5, 5.41) is 0. The number of nitrogens with two attached hydrogens (primary N) is 1. The van der Waals surface area contributed by atoms with Crippen molar-refractivity contribution in [1.29, 1.82) is 0 Å². The first-order valence-corrected chi connectivity index (χ1v) is 7.68. The molecule has 1 aromatic heterocycles. The Bertz CT molecular complexity index is 546. The maximum Gasteiger partial charge on any atom is 0.201 e. The van der Waals surface area contributed by atoms with Crippen molar-refractivity contribution < 1.29 is 0 Å². The van der Waals surface area contributed by atoms with Crippen molar-refractivity contribution in [3.8, 4) is 0 Å². The van der Waals surface area contributed by atoms with Crippen molar-refractivity contribution in [3.63, 3.8) is 0 Å². The minimum absolute atomic E-state index is 0.634. The molecule has 0 aliphatic carbocycles. The van der Waals surface area contributed by atoms with Gasteiger partial charge in [-0.25, -0.2) is 4.98 Å². The molecule has 17 heavy (non-hydrogen) atoms. The first kappa shape index (κ1) is 11.4. The molecule has 2 heterocycles. The maximum atomic E-state index is 6.01. The van der Waals surface area contributed by atoms with Crippen LogP contribution in [0.5, 0.6) is 0 Å².